The second-order valence-corrected chi connectivity index (χ2v) is 4.84. The van der Waals surface area contributed by atoms with Gasteiger partial charge in [0.2, 0.25) is 0 Å². The summed E-state index contributed by atoms with van der Waals surface area (Å²) in [5, 5.41) is 23.2. The van der Waals surface area contributed by atoms with Gasteiger partial charge in [-0.25, -0.2) is 0 Å². The third kappa shape index (κ3) is 3.73. The van der Waals surface area contributed by atoms with Crippen LogP contribution in [0.15, 0.2) is 48.5 Å². The predicted octanol–water partition coefficient (Wildman–Crippen LogP) is 2.64. The van der Waals surface area contributed by atoms with E-state index < -0.39 is 4.92 Å². The molecule has 0 unspecified atom stereocenters. The average molecular weight is 301 g/mol. The van der Waals surface area contributed by atoms with Crippen LogP contribution in [0.25, 0.3) is 0 Å². The minimum atomic E-state index is -0.418. The monoisotopic (exact) mass is 301 g/mol. The molecule has 0 aliphatic heterocycles. The minimum Gasteiger partial charge on any atom is -0.395 e. The first-order chi connectivity index (χ1) is 10.7. The zero-order valence-corrected chi connectivity index (χ0v) is 12.4. The Morgan fingerprint density at radius 2 is 1.95 bits per heavy atom. The molecule has 6 heteroatoms. The van der Waals surface area contributed by atoms with E-state index in [1.54, 1.807) is 13.1 Å². The molecular formula is C16H19N3O3. The third-order valence-electron chi connectivity index (χ3n) is 3.39. The summed E-state index contributed by atoms with van der Waals surface area (Å²) in [6.07, 6.45) is 0. The van der Waals surface area contributed by atoms with Gasteiger partial charge in [0.1, 0.15) is 0 Å². The standard InChI is InChI=1S/C16H19N3O3/c1-17-15-11-14(19(21)22)7-8-16(15)18(9-10-20)12-13-5-3-2-4-6-13/h2-8,11,17,20H,9-10,12H2,1H3. The van der Waals surface area contributed by atoms with E-state index >= 15 is 0 Å². The van der Waals surface area contributed by atoms with Crippen LogP contribution in [-0.4, -0.2) is 30.2 Å². The van der Waals surface area contributed by atoms with E-state index in [9.17, 15) is 15.2 Å². The number of nitrogens with one attached hydrogen (secondary N) is 1. The molecule has 2 aromatic carbocycles. The fourth-order valence-corrected chi connectivity index (χ4v) is 2.32. The molecule has 2 aromatic rings. The lowest BCUT2D eigenvalue weighted by atomic mass is 10.1. The second kappa shape index (κ2) is 7.42. The highest BCUT2D eigenvalue weighted by molar-refractivity contribution is 5.73. The Balaban J connectivity index is 2.33. The summed E-state index contributed by atoms with van der Waals surface area (Å²) in [4.78, 5) is 12.5. The Morgan fingerprint density at radius 3 is 2.55 bits per heavy atom. The molecule has 0 heterocycles. The van der Waals surface area contributed by atoms with Crippen LogP contribution in [0, 0.1) is 10.1 Å². The third-order valence-corrected chi connectivity index (χ3v) is 3.39. The maximum Gasteiger partial charge on any atom is 0.271 e. The number of rotatable bonds is 7. The van der Waals surface area contributed by atoms with Crippen LogP contribution in [0.4, 0.5) is 17.1 Å². The molecule has 0 aliphatic rings. The fourth-order valence-electron chi connectivity index (χ4n) is 2.32. The Morgan fingerprint density at radius 1 is 1.23 bits per heavy atom. The average Bonchev–Trinajstić information content (AvgIpc) is 2.54. The molecule has 0 aromatic heterocycles. The van der Waals surface area contributed by atoms with Crippen LogP contribution in [0.1, 0.15) is 5.56 Å². The molecular weight excluding hydrogens is 282 g/mol. The normalized spacial score (nSPS) is 10.3. The summed E-state index contributed by atoms with van der Waals surface area (Å²) in [5.74, 6) is 0. The highest BCUT2D eigenvalue weighted by Crippen LogP contribution is 2.30. The Bertz CT molecular complexity index is 632. The van der Waals surface area contributed by atoms with Gasteiger partial charge in [-0.3, -0.25) is 10.1 Å². The van der Waals surface area contributed by atoms with E-state index in [2.05, 4.69) is 5.32 Å². The van der Waals surface area contributed by atoms with Gasteiger partial charge in [-0.1, -0.05) is 30.3 Å². The van der Waals surface area contributed by atoms with Gasteiger partial charge in [0, 0.05) is 32.3 Å². The first-order valence-electron chi connectivity index (χ1n) is 7.01. The lowest BCUT2D eigenvalue weighted by molar-refractivity contribution is -0.384. The molecule has 0 amide bonds. The van der Waals surface area contributed by atoms with Gasteiger partial charge in [0.15, 0.2) is 0 Å². The van der Waals surface area contributed by atoms with Crippen molar-refractivity contribution in [1.29, 1.82) is 0 Å². The van der Waals surface area contributed by atoms with Crippen LogP contribution in [-0.2, 0) is 6.54 Å². The number of hydrogen-bond donors (Lipinski definition) is 2. The van der Waals surface area contributed by atoms with E-state index in [-0.39, 0.29) is 12.3 Å². The largest absolute Gasteiger partial charge is 0.395 e. The summed E-state index contributed by atoms with van der Waals surface area (Å²) in [6.45, 7) is 1.07. The van der Waals surface area contributed by atoms with Crippen molar-refractivity contribution in [3.05, 3.63) is 64.2 Å². The number of anilines is 2. The quantitative estimate of drug-likeness (QED) is 0.607. The SMILES string of the molecule is CNc1cc([N+](=O)[O-])ccc1N(CCO)Cc1ccccc1. The molecule has 0 spiro atoms. The van der Waals surface area contributed by atoms with Crippen molar-refractivity contribution in [2.45, 2.75) is 6.54 Å². The van der Waals surface area contributed by atoms with Crippen molar-refractivity contribution >= 4 is 17.1 Å². The van der Waals surface area contributed by atoms with Crippen LogP contribution < -0.4 is 10.2 Å². The number of hydrogen-bond acceptors (Lipinski definition) is 5. The molecule has 0 fully saturated rings. The molecule has 0 atom stereocenters. The summed E-state index contributed by atoms with van der Waals surface area (Å²) in [7, 11) is 1.72. The lowest BCUT2D eigenvalue weighted by Crippen LogP contribution is -2.26. The first kappa shape index (κ1) is 15.8. The topological polar surface area (TPSA) is 78.6 Å². The Kier molecular flexibility index (Phi) is 5.32. The molecule has 2 rings (SSSR count). The highest BCUT2D eigenvalue weighted by atomic mass is 16.6. The lowest BCUT2D eigenvalue weighted by Gasteiger charge is -2.26. The van der Waals surface area contributed by atoms with Gasteiger partial charge in [0.25, 0.3) is 5.69 Å². The second-order valence-electron chi connectivity index (χ2n) is 4.84. The Labute approximate surface area is 129 Å². The maximum atomic E-state index is 10.9. The van der Waals surface area contributed by atoms with Gasteiger partial charge < -0.3 is 15.3 Å². The molecule has 22 heavy (non-hydrogen) atoms. The van der Waals surface area contributed by atoms with E-state index in [1.165, 1.54) is 12.1 Å². The molecule has 116 valence electrons. The molecule has 0 radical (unpaired) electrons. The molecule has 0 saturated carbocycles. The molecule has 2 N–H and O–H groups in total. The van der Waals surface area contributed by atoms with Gasteiger partial charge in [-0.2, -0.15) is 0 Å². The number of nitrogens with zero attached hydrogens (tertiary/aromatic N) is 2. The number of aliphatic hydroxyl groups excluding tert-OH is 1. The van der Waals surface area contributed by atoms with E-state index in [0.717, 1.165) is 11.3 Å². The van der Waals surface area contributed by atoms with Crippen molar-refractivity contribution in [2.75, 3.05) is 30.4 Å². The van der Waals surface area contributed by atoms with Crippen LogP contribution in [0.2, 0.25) is 0 Å². The number of aliphatic hydroxyl groups is 1. The van der Waals surface area contributed by atoms with Crippen molar-refractivity contribution < 1.29 is 10.0 Å². The predicted molar refractivity (Wildman–Crippen MR) is 87.2 cm³/mol. The van der Waals surface area contributed by atoms with Gasteiger partial charge in [-0.05, 0) is 11.6 Å². The maximum absolute atomic E-state index is 10.9. The smallest absolute Gasteiger partial charge is 0.271 e. The van der Waals surface area contributed by atoms with Crippen molar-refractivity contribution in [3.8, 4) is 0 Å². The van der Waals surface area contributed by atoms with Crippen LogP contribution in [0.3, 0.4) is 0 Å². The minimum absolute atomic E-state index is 0.00692. The van der Waals surface area contributed by atoms with E-state index in [4.69, 9.17) is 0 Å². The van der Waals surface area contributed by atoms with Crippen LogP contribution in [0.5, 0.6) is 0 Å². The van der Waals surface area contributed by atoms with Gasteiger partial charge in [0.05, 0.1) is 22.9 Å². The van der Waals surface area contributed by atoms with Crippen LogP contribution >= 0.6 is 0 Å². The molecule has 6 nitrogen and oxygen atoms in total. The summed E-state index contributed by atoms with van der Waals surface area (Å²) >= 11 is 0. The van der Waals surface area contributed by atoms with Gasteiger partial charge >= 0.3 is 0 Å². The van der Waals surface area contributed by atoms with Crippen molar-refractivity contribution in [1.82, 2.24) is 0 Å². The first-order valence-corrected chi connectivity index (χ1v) is 7.01. The number of nitro benzene ring substituents is 1. The highest BCUT2D eigenvalue weighted by Gasteiger charge is 2.15. The number of benzene rings is 2. The van der Waals surface area contributed by atoms with Gasteiger partial charge in [-0.15, -0.1) is 0 Å². The molecule has 0 bridgehead atoms. The summed E-state index contributed by atoms with van der Waals surface area (Å²) < 4.78 is 0. The summed E-state index contributed by atoms with van der Waals surface area (Å²) in [6, 6.07) is 14.6. The molecule has 0 saturated heterocycles. The number of non-ortho nitro benzene ring substituents is 1. The fraction of sp³-hybridized carbons (Fsp3) is 0.250. The zero-order chi connectivity index (χ0) is 15.9. The van der Waals surface area contributed by atoms with E-state index in [1.807, 2.05) is 35.2 Å². The summed E-state index contributed by atoms with van der Waals surface area (Å²) in [5.41, 5.74) is 2.64. The molecule has 0 aliphatic carbocycles. The number of nitro groups is 1. The zero-order valence-electron chi connectivity index (χ0n) is 12.4. The van der Waals surface area contributed by atoms with Crippen molar-refractivity contribution in [3.63, 3.8) is 0 Å². The Hall–Kier alpha value is -2.60. The van der Waals surface area contributed by atoms with Crippen molar-refractivity contribution in [2.24, 2.45) is 0 Å². The van der Waals surface area contributed by atoms with E-state index in [0.29, 0.717) is 18.8 Å².